The van der Waals surface area contributed by atoms with E-state index >= 15 is 0 Å². The van der Waals surface area contributed by atoms with Crippen LogP contribution in [0.4, 0.5) is 5.82 Å². The lowest BCUT2D eigenvalue weighted by atomic mass is 10.2. The van der Waals surface area contributed by atoms with E-state index in [1.807, 2.05) is 6.07 Å². The van der Waals surface area contributed by atoms with E-state index in [1.54, 1.807) is 17.7 Å². The summed E-state index contributed by atoms with van der Waals surface area (Å²) in [6, 6.07) is 2.04. The van der Waals surface area contributed by atoms with Crippen molar-refractivity contribution in [2.75, 3.05) is 31.6 Å². The van der Waals surface area contributed by atoms with Gasteiger partial charge in [-0.15, -0.1) is 11.3 Å². The van der Waals surface area contributed by atoms with Crippen molar-refractivity contribution >= 4 is 27.4 Å². The maximum Gasteiger partial charge on any atom is 0.149 e. The van der Waals surface area contributed by atoms with E-state index < -0.39 is 0 Å². The van der Waals surface area contributed by atoms with Gasteiger partial charge in [-0.1, -0.05) is 13.8 Å². The minimum absolute atomic E-state index is 0.693. The summed E-state index contributed by atoms with van der Waals surface area (Å²) < 4.78 is 1.17. The Bertz CT molecular complexity index is 494. The molecule has 4 nitrogen and oxygen atoms in total. The van der Waals surface area contributed by atoms with Gasteiger partial charge in [-0.25, -0.2) is 9.97 Å². The summed E-state index contributed by atoms with van der Waals surface area (Å²) in [7, 11) is 2.08. The van der Waals surface area contributed by atoms with Crippen LogP contribution in [0.25, 0.3) is 10.2 Å². The summed E-state index contributed by atoms with van der Waals surface area (Å²) in [6.45, 7) is 7.43. The third kappa shape index (κ3) is 3.17. The minimum Gasteiger partial charge on any atom is -0.357 e. The van der Waals surface area contributed by atoms with Crippen LogP contribution in [0.1, 0.15) is 13.8 Å². The lowest BCUT2D eigenvalue weighted by Crippen LogP contribution is -2.31. The molecule has 0 saturated carbocycles. The van der Waals surface area contributed by atoms with Gasteiger partial charge in [0.1, 0.15) is 12.1 Å². The molecule has 98 valence electrons. The van der Waals surface area contributed by atoms with Crippen LogP contribution in [0.2, 0.25) is 0 Å². The molecule has 0 radical (unpaired) electrons. The Kier molecular flexibility index (Phi) is 4.49. The van der Waals surface area contributed by atoms with Crippen molar-refractivity contribution in [2.24, 2.45) is 5.92 Å². The van der Waals surface area contributed by atoms with E-state index in [9.17, 15) is 0 Å². The van der Waals surface area contributed by atoms with Gasteiger partial charge in [0.25, 0.3) is 0 Å². The molecule has 5 heteroatoms. The van der Waals surface area contributed by atoms with Crippen LogP contribution in [0, 0.1) is 5.92 Å². The number of hydrogen-bond acceptors (Lipinski definition) is 5. The summed E-state index contributed by atoms with van der Waals surface area (Å²) in [6.07, 6.45) is 1.64. The highest BCUT2D eigenvalue weighted by Gasteiger charge is 2.09. The standard InChI is InChI=1S/C13H20N4S/c1-10(2)8-14-5-6-17(3)13-12-11(4-7-18-12)15-9-16-13/h4,7,9-10,14H,5-6,8H2,1-3H3. The molecule has 2 rings (SSSR count). The summed E-state index contributed by atoms with van der Waals surface area (Å²) in [5.74, 6) is 1.72. The Balaban J connectivity index is 1.96. The van der Waals surface area contributed by atoms with Crippen LogP contribution in [-0.2, 0) is 0 Å². The molecule has 0 saturated heterocycles. The van der Waals surface area contributed by atoms with Crippen LogP contribution >= 0.6 is 11.3 Å². The molecule has 0 aliphatic carbocycles. The topological polar surface area (TPSA) is 41.0 Å². The second-order valence-corrected chi connectivity index (χ2v) is 5.77. The highest BCUT2D eigenvalue weighted by molar-refractivity contribution is 7.17. The van der Waals surface area contributed by atoms with Crippen molar-refractivity contribution in [3.8, 4) is 0 Å². The number of rotatable bonds is 6. The summed E-state index contributed by atoms with van der Waals surface area (Å²) in [5, 5.41) is 5.51. The average molecular weight is 264 g/mol. The van der Waals surface area contributed by atoms with Gasteiger partial charge >= 0.3 is 0 Å². The minimum atomic E-state index is 0.693. The number of anilines is 1. The first-order valence-electron chi connectivity index (χ1n) is 6.28. The fourth-order valence-corrected chi connectivity index (χ4v) is 2.68. The van der Waals surface area contributed by atoms with E-state index in [0.29, 0.717) is 5.92 Å². The molecule has 0 bridgehead atoms. The Morgan fingerprint density at radius 2 is 2.22 bits per heavy atom. The first kappa shape index (κ1) is 13.2. The molecule has 0 amide bonds. The number of nitrogens with one attached hydrogen (secondary N) is 1. The van der Waals surface area contributed by atoms with Gasteiger partial charge < -0.3 is 10.2 Å². The molecule has 0 aliphatic heterocycles. The molecular weight excluding hydrogens is 244 g/mol. The molecular formula is C13H20N4S. The van der Waals surface area contributed by atoms with Gasteiger partial charge in [0.2, 0.25) is 0 Å². The van der Waals surface area contributed by atoms with Gasteiger partial charge in [-0.05, 0) is 23.9 Å². The maximum absolute atomic E-state index is 4.39. The Hall–Kier alpha value is -1.20. The Morgan fingerprint density at radius 1 is 1.39 bits per heavy atom. The van der Waals surface area contributed by atoms with Crippen LogP contribution in [0.5, 0.6) is 0 Å². The van der Waals surface area contributed by atoms with E-state index in [-0.39, 0.29) is 0 Å². The van der Waals surface area contributed by atoms with E-state index in [0.717, 1.165) is 31.0 Å². The maximum atomic E-state index is 4.39. The summed E-state index contributed by atoms with van der Waals surface area (Å²) >= 11 is 1.70. The first-order chi connectivity index (χ1) is 8.68. The van der Waals surface area contributed by atoms with Gasteiger partial charge in [0, 0.05) is 20.1 Å². The molecule has 18 heavy (non-hydrogen) atoms. The van der Waals surface area contributed by atoms with Gasteiger partial charge in [-0.3, -0.25) is 0 Å². The molecule has 0 atom stereocenters. The SMILES string of the molecule is CC(C)CNCCN(C)c1ncnc2ccsc12. The third-order valence-electron chi connectivity index (χ3n) is 2.76. The highest BCUT2D eigenvalue weighted by atomic mass is 32.1. The van der Waals surface area contributed by atoms with Crippen molar-refractivity contribution in [3.63, 3.8) is 0 Å². The Morgan fingerprint density at radius 3 is 3.00 bits per heavy atom. The van der Waals surface area contributed by atoms with Crippen LogP contribution in [0.3, 0.4) is 0 Å². The lowest BCUT2D eigenvalue weighted by Gasteiger charge is -2.19. The zero-order chi connectivity index (χ0) is 13.0. The fraction of sp³-hybridized carbons (Fsp3) is 0.538. The second kappa shape index (κ2) is 6.11. The molecule has 0 aromatic carbocycles. The van der Waals surface area contributed by atoms with Gasteiger partial charge in [-0.2, -0.15) is 0 Å². The first-order valence-corrected chi connectivity index (χ1v) is 7.16. The number of hydrogen-bond donors (Lipinski definition) is 1. The largest absolute Gasteiger partial charge is 0.357 e. The number of likely N-dealkylation sites (N-methyl/N-ethyl adjacent to an activating group) is 1. The number of aromatic nitrogens is 2. The van der Waals surface area contributed by atoms with Gasteiger partial charge in [0.15, 0.2) is 0 Å². The molecule has 2 aromatic heterocycles. The molecule has 2 heterocycles. The number of nitrogens with zero attached hydrogens (tertiary/aromatic N) is 3. The van der Waals surface area contributed by atoms with Crippen LogP contribution < -0.4 is 10.2 Å². The normalized spacial score (nSPS) is 11.3. The van der Waals surface area contributed by atoms with Crippen molar-refractivity contribution in [1.29, 1.82) is 0 Å². The van der Waals surface area contributed by atoms with Crippen molar-refractivity contribution in [1.82, 2.24) is 15.3 Å². The van der Waals surface area contributed by atoms with Gasteiger partial charge in [0.05, 0.1) is 10.2 Å². The van der Waals surface area contributed by atoms with Crippen molar-refractivity contribution in [2.45, 2.75) is 13.8 Å². The quantitative estimate of drug-likeness (QED) is 0.813. The molecule has 0 aliphatic rings. The average Bonchev–Trinajstić information content (AvgIpc) is 2.82. The second-order valence-electron chi connectivity index (χ2n) is 4.85. The molecule has 0 fully saturated rings. The molecule has 2 aromatic rings. The van der Waals surface area contributed by atoms with Crippen LogP contribution in [0.15, 0.2) is 17.8 Å². The van der Waals surface area contributed by atoms with Crippen LogP contribution in [-0.4, -0.2) is 36.6 Å². The molecule has 0 spiro atoms. The lowest BCUT2D eigenvalue weighted by molar-refractivity contribution is 0.554. The highest BCUT2D eigenvalue weighted by Crippen LogP contribution is 2.26. The van der Waals surface area contributed by atoms with E-state index in [2.05, 4.69) is 46.5 Å². The Labute approximate surface area is 112 Å². The smallest absolute Gasteiger partial charge is 0.149 e. The monoisotopic (exact) mass is 264 g/mol. The van der Waals surface area contributed by atoms with E-state index in [4.69, 9.17) is 0 Å². The zero-order valence-electron chi connectivity index (χ0n) is 11.2. The fourth-order valence-electron chi connectivity index (χ4n) is 1.79. The zero-order valence-corrected chi connectivity index (χ0v) is 12.0. The predicted molar refractivity (Wildman–Crippen MR) is 78.4 cm³/mol. The molecule has 1 N–H and O–H groups in total. The van der Waals surface area contributed by atoms with Crippen molar-refractivity contribution in [3.05, 3.63) is 17.8 Å². The van der Waals surface area contributed by atoms with Crippen molar-refractivity contribution < 1.29 is 0 Å². The molecule has 0 unspecified atom stereocenters. The van der Waals surface area contributed by atoms with E-state index in [1.165, 1.54) is 4.70 Å². The number of fused-ring (bicyclic) bond motifs is 1. The summed E-state index contributed by atoms with van der Waals surface area (Å²) in [5.41, 5.74) is 1.03. The predicted octanol–water partition coefficient (Wildman–Crippen LogP) is 2.37. The third-order valence-corrected chi connectivity index (χ3v) is 3.66. The summed E-state index contributed by atoms with van der Waals surface area (Å²) in [4.78, 5) is 10.8. The number of thiophene rings is 1.